The molecule has 0 radical (unpaired) electrons. The smallest absolute Gasteiger partial charge is 0.157 e. The second kappa shape index (κ2) is 9.02. The Kier molecular flexibility index (Phi) is 6.44. The Bertz CT molecular complexity index is 814. The number of benzene rings is 2. The predicted octanol–water partition coefficient (Wildman–Crippen LogP) is 6.06. The molecule has 2 aliphatic rings. The highest BCUT2D eigenvalue weighted by Gasteiger charge is 2.40. The van der Waals surface area contributed by atoms with E-state index in [1.807, 2.05) is 27.7 Å². The second-order valence-corrected chi connectivity index (χ2v) is 10.4. The summed E-state index contributed by atoms with van der Waals surface area (Å²) in [6.45, 7) is 3.80. The summed E-state index contributed by atoms with van der Waals surface area (Å²) in [7, 11) is 3.76. The van der Waals surface area contributed by atoms with Crippen molar-refractivity contribution in [1.82, 2.24) is 4.90 Å². The lowest BCUT2D eigenvalue weighted by atomic mass is 9.95. The van der Waals surface area contributed by atoms with E-state index in [0.717, 1.165) is 38.8 Å². The number of ketones is 1. The minimum absolute atomic E-state index is 0.133. The molecule has 0 aromatic heterocycles. The monoisotopic (exact) mass is 415 g/mol. The summed E-state index contributed by atoms with van der Waals surface area (Å²) < 4.78 is 14.5. The Morgan fingerprint density at radius 3 is 2.36 bits per heavy atom. The molecule has 1 aliphatic heterocycles. The average Bonchev–Trinajstić information content (AvgIpc) is 3.55. The summed E-state index contributed by atoms with van der Waals surface area (Å²) >= 11 is 0. The van der Waals surface area contributed by atoms with Gasteiger partial charge in [-0.1, -0.05) is 57.5 Å². The standard InChI is InChI=1S/C23H26FNOS2/c1-16-6-10-18(11-7-16)27-28-19-12-14-25(15-13-19)22(23(26)17-8-9-17)20-4-2-3-5-21(20)24/h2-7,10-11,17,19,22H,8-9,12-15H2,1H3. The normalized spacial score (nSPS) is 19.5. The number of likely N-dealkylation sites (tertiary alicyclic amines) is 1. The number of carbonyl (C=O) groups excluding carboxylic acids is 1. The fraction of sp³-hybridized carbons (Fsp3) is 0.435. The summed E-state index contributed by atoms with van der Waals surface area (Å²) in [6, 6.07) is 15.0. The van der Waals surface area contributed by atoms with Crippen LogP contribution in [0.3, 0.4) is 0 Å². The summed E-state index contributed by atoms with van der Waals surface area (Å²) in [5, 5.41) is 0.569. The molecule has 1 saturated carbocycles. The van der Waals surface area contributed by atoms with Gasteiger partial charge in [0, 0.05) is 34.7 Å². The van der Waals surface area contributed by atoms with Crippen LogP contribution in [0, 0.1) is 18.7 Å². The largest absolute Gasteiger partial charge is 0.297 e. The van der Waals surface area contributed by atoms with Gasteiger partial charge in [0.1, 0.15) is 5.82 Å². The number of piperidine rings is 1. The van der Waals surface area contributed by atoms with E-state index >= 15 is 0 Å². The van der Waals surface area contributed by atoms with Crippen LogP contribution in [0.15, 0.2) is 53.4 Å². The molecule has 1 saturated heterocycles. The zero-order chi connectivity index (χ0) is 19.5. The van der Waals surface area contributed by atoms with E-state index in [2.05, 4.69) is 36.1 Å². The summed E-state index contributed by atoms with van der Waals surface area (Å²) in [4.78, 5) is 16.5. The van der Waals surface area contributed by atoms with Crippen LogP contribution in [0.4, 0.5) is 4.39 Å². The molecule has 1 heterocycles. The molecule has 1 atom stereocenters. The van der Waals surface area contributed by atoms with Gasteiger partial charge in [-0.05, 0) is 50.8 Å². The maximum absolute atomic E-state index is 14.5. The zero-order valence-corrected chi connectivity index (χ0v) is 17.8. The molecule has 0 spiro atoms. The summed E-state index contributed by atoms with van der Waals surface area (Å²) in [5.41, 5.74) is 1.83. The molecular formula is C23H26FNOS2. The third kappa shape index (κ3) is 4.81. The molecule has 2 aromatic rings. The number of nitrogens with zero attached hydrogens (tertiary/aromatic N) is 1. The van der Waals surface area contributed by atoms with E-state index in [1.54, 1.807) is 12.1 Å². The fourth-order valence-corrected chi connectivity index (χ4v) is 6.32. The molecule has 0 bridgehead atoms. The van der Waals surface area contributed by atoms with E-state index < -0.39 is 6.04 Å². The number of rotatable bonds is 7. The summed E-state index contributed by atoms with van der Waals surface area (Å²) in [6.07, 6.45) is 3.99. The van der Waals surface area contributed by atoms with Crippen LogP contribution in [-0.2, 0) is 4.79 Å². The molecule has 2 fully saturated rings. The molecule has 148 valence electrons. The average molecular weight is 416 g/mol. The lowest BCUT2D eigenvalue weighted by Gasteiger charge is -2.37. The van der Waals surface area contributed by atoms with Crippen LogP contribution in [0.5, 0.6) is 0 Å². The SMILES string of the molecule is Cc1ccc(SSC2CCN(C(C(=O)C3CC3)c3ccccc3F)CC2)cc1. The quantitative estimate of drug-likeness (QED) is 0.512. The van der Waals surface area contributed by atoms with E-state index in [1.165, 1.54) is 16.5 Å². The highest BCUT2D eigenvalue weighted by molar-refractivity contribution is 8.76. The van der Waals surface area contributed by atoms with E-state index in [9.17, 15) is 9.18 Å². The number of halogens is 1. The first-order valence-corrected chi connectivity index (χ1v) is 12.3. The van der Waals surface area contributed by atoms with Gasteiger partial charge in [0.15, 0.2) is 5.78 Å². The Labute approximate surface area is 174 Å². The van der Waals surface area contributed by atoms with E-state index in [-0.39, 0.29) is 17.5 Å². The third-order valence-electron chi connectivity index (χ3n) is 5.59. The first-order chi connectivity index (χ1) is 13.6. The molecule has 2 aromatic carbocycles. The Morgan fingerprint density at radius 2 is 1.71 bits per heavy atom. The zero-order valence-electron chi connectivity index (χ0n) is 16.1. The first-order valence-electron chi connectivity index (χ1n) is 10.0. The van der Waals surface area contributed by atoms with Crippen molar-refractivity contribution in [2.75, 3.05) is 13.1 Å². The van der Waals surface area contributed by atoms with E-state index in [0.29, 0.717) is 10.8 Å². The highest BCUT2D eigenvalue weighted by atomic mass is 33.1. The molecule has 0 N–H and O–H groups in total. The van der Waals surface area contributed by atoms with Crippen molar-refractivity contribution in [3.05, 3.63) is 65.5 Å². The summed E-state index contributed by atoms with van der Waals surface area (Å²) in [5.74, 6) is 0.0898. The van der Waals surface area contributed by atoms with Crippen molar-refractivity contribution in [2.45, 2.75) is 48.8 Å². The number of hydrogen-bond donors (Lipinski definition) is 0. The number of aryl methyl sites for hydroxylation is 1. The van der Waals surface area contributed by atoms with Crippen molar-refractivity contribution >= 4 is 27.4 Å². The highest BCUT2D eigenvalue weighted by Crippen LogP contribution is 2.42. The van der Waals surface area contributed by atoms with Crippen LogP contribution < -0.4 is 0 Å². The van der Waals surface area contributed by atoms with Crippen molar-refractivity contribution < 1.29 is 9.18 Å². The minimum Gasteiger partial charge on any atom is -0.297 e. The topological polar surface area (TPSA) is 20.3 Å². The van der Waals surface area contributed by atoms with Crippen molar-refractivity contribution in [2.24, 2.45) is 5.92 Å². The van der Waals surface area contributed by atoms with Crippen molar-refractivity contribution in [1.29, 1.82) is 0 Å². The van der Waals surface area contributed by atoms with Crippen molar-refractivity contribution in [3.63, 3.8) is 0 Å². The Morgan fingerprint density at radius 1 is 1.04 bits per heavy atom. The van der Waals surface area contributed by atoms with E-state index in [4.69, 9.17) is 0 Å². The molecule has 2 nitrogen and oxygen atoms in total. The Hall–Kier alpha value is -1.30. The van der Waals surface area contributed by atoms with Crippen LogP contribution in [0.1, 0.15) is 42.9 Å². The second-order valence-electron chi connectivity index (χ2n) is 7.83. The third-order valence-corrected chi connectivity index (χ3v) is 8.58. The van der Waals surface area contributed by atoms with Gasteiger partial charge in [-0.25, -0.2) is 4.39 Å². The molecular weight excluding hydrogens is 389 g/mol. The van der Waals surface area contributed by atoms with Crippen LogP contribution in [0.2, 0.25) is 0 Å². The molecule has 1 aliphatic carbocycles. The van der Waals surface area contributed by atoms with Gasteiger partial charge in [0.25, 0.3) is 0 Å². The van der Waals surface area contributed by atoms with Gasteiger partial charge < -0.3 is 0 Å². The maximum atomic E-state index is 14.5. The van der Waals surface area contributed by atoms with Crippen LogP contribution in [-0.4, -0.2) is 29.0 Å². The van der Waals surface area contributed by atoms with Gasteiger partial charge in [0.05, 0.1) is 6.04 Å². The Balaban J connectivity index is 1.38. The number of carbonyl (C=O) groups is 1. The molecule has 5 heteroatoms. The number of hydrogen-bond acceptors (Lipinski definition) is 4. The van der Waals surface area contributed by atoms with Gasteiger partial charge in [-0.2, -0.15) is 0 Å². The van der Waals surface area contributed by atoms with Gasteiger partial charge in [-0.15, -0.1) is 0 Å². The lowest BCUT2D eigenvalue weighted by Crippen LogP contribution is -2.41. The van der Waals surface area contributed by atoms with Gasteiger partial charge in [0.2, 0.25) is 0 Å². The molecule has 4 rings (SSSR count). The van der Waals surface area contributed by atoms with Gasteiger partial charge >= 0.3 is 0 Å². The minimum atomic E-state index is -0.413. The van der Waals surface area contributed by atoms with Gasteiger partial charge in [-0.3, -0.25) is 9.69 Å². The fourth-order valence-electron chi connectivity index (χ4n) is 3.77. The van der Waals surface area contributed by atoms with Crippen LogP contribution >= 0.6 is 21.6 Å². The van der Waals surface area contributed by atoms with Crippen molar-refractivity contribution in [3.8, 4) is 0 Å². The first kappa shape index (κ1) is 20.0. The number of Topliss-reactive ketones (excluding diaryl/α,β-unsaturated/α-hetero) is 1. The lowest BCUT2D eigenvalue weighted by molar-refractivity contribution is -0.126. The molecule has 28 heavy (non-hydrogen) atoms. The molecule has 1 unspecified atom stereocenters. The molecule has 0 amide bonds. The maximum Gasteiger partial charge on any atom is 0.157 e. The predicted molar refractivity (Wildman–Crippen MR) is 116 cm³/mol. The van der Waals surface area contributed by atoms with Crippen LogP contribution in [0.25, 0.3) is 0 Å².